The number of amides is 1. The van der Waals surface area contributed by atoms with Crippen molar-refractivity contribution in [1.29, 1.82) is 0 Å². The van der Waals surface area contributed by atoms with Crippen molar-refractivity contribution in [1.82, 2.24) is 5.32 Å². The van der Waals surface area contributed by atoms with Crippen LogP contribution in [0.4, 0.5) is 0 Å². The molecule has 2 atom stereocenters. The van der Waals surface area contributed by atoms with E-state index in [1.54, 1.807) is 0 Å². The van der Waals surface area contributed by atoms with Gasteiger partial charge in [-0.15, -0.1) is 0 Å². The minimum absolute atomic E-state index is 0.00356. The van der Waals surface area contributed by atoms with Crippen molar-refractivity contribution < 1.29 is 14.3 Å². The first-order valence-electron chi connectivity index (χ1n) is 8.13. The second-order valence-electron chi connectivity index (χ2n) is 7.64. The summed E-state index contributed by atoms with van der Waals surface area (Å²) in [6, 6.07) is -0.556. The maximum absolute atomic E-state index is 12.5. The molecule has 0 aromatic carbocycles. The minimum atomic E-state index is -0.556. The van der Waals surface area contributed by atoms with Crippen LogP contribution in [0.3, 0.4) is 0 Å². The number of carbonyl (C=O) groups is 2. The van der Waals surface area contributed by atoms with Crippen molar-refractivity contribution in [3.8, 4) is 0 Å². The highest BCUT2D eigenvalue weighted by molar-refractivity contribution is 5.88. The Balaban J connectivity index is 2.79. The molecule has 0 bridgehead atoms. The van der Waals surface area contributed by atoms with Crippen molar-refractivity contribution in [2.45, 2.75) is 85.3 Å². The molecule has 1 fully saturated rings. The van der Waals surface area contributed by atoms with E-state index >= 15 is 0 Å². The average Bonchev–Trinajstić information content (AvgIpc) is 2.80. The zero-order chi connectivity index (χ0) is 16.3. The van der Waals surface area contributed by atoms with E-state index < -0.39 is 11.6 Å². The Bertz CT molecular complexity index is 378. The molecule has 122 valence electrons. The lowest BCUT2D eigenvalue weighted by Crippen LogP contribution is -2.51. The highest BCUT2D eigenvalue weighted by Gasteiger charge is 2.39. The van der Waals surface area contributed by atoms with Gasteiger partial charge in [-0.25, -0.2) is 4.79 Å². The first-order chi connectivity index (χ1) is 9.59. The average molecular weight is 297 g/mol. The molecule has 4 heteroatoms. The molecule has 0 aromatic heterocycles. The molecule has 0 aromatic rings. The SMILES string of the molecule is CC[C@H](C)[C@H](NC(=O)C1(C)CCCC1)C(=O)OC(C)(C)C. The van der Waals surface area contributed by atoms with Crippen LogP contribution >= 0.6 is 0 Å². The predicted molar refractivity (Wildman–Crippen MR) is 83.8 cm³/mol. The summed E-state index contributed by atoms with van der Waals surface area (Å²) in [5.41, 5.74) is -0.863. The Morgan fingerprint density at radius 1 is 1.24 bits per heavy atom. The van der Waals surface area contributed by atoms with Gasteiger partial charge in [-0.3, -0.25) is 4.79 Å². The van der Waals surface area contributed by atoms with E-state index in [9.17, 15) is 9.59 Å². The monoisotopic (exact) mass is 297 g/mol. The molecule has 1 saturated carbocycles. The lowest BCUT2D eigenvalue weighted by Gasteiger charge is -2.30. The van der Waals surface area contributed by atoms with Gasteiger partial charge in [-0.1, -0.05) is 40.0 Å². The molecule has 0 radical (unpaired) electrons. The van der Waals surface area contributed by atoms with Crippen LogP contribution in [-0.4, -0.2) is 23.5 Å². The van der Waals surface area contributed by atoms with Gasteiger partial charge in [0.1, 0.15) is 11.6 Å². The van der Waals surface area contributed by atoms with E-state index in [1.807, 2.05) is 41.5 Å². The first kappa shape index (κ1) is 18.0. The second-order valence-corrected chi connectivity index (χ2v) is 7.64. The van der Waals surface area contributed by atoms with Gasteiger partial charge in [0.15, 0.2) is 0 Å². The fourth-order valence-electron chi connectivity index (χ4n) is 2.73. The van der Waals surface area contributed by atoms with E-state index in [0.29, 0.717) is 0 Å². The number of hydrogen-bond acceptors (Lipinski definition) is 3. The van der Waals surface area contributed by atoms with Gasteiger partial charge in [-0.05, 0) is 39.5 Å². The Hall–Kier alpha value is -1.06. The molecule has 0 heterocycles. The third-order valence-electron chi connectivity index (χ3n) is 4.42. The summed E-state index contributed by atoms with van der Waals surface area (Å²) in [7, 11) is 0. The minimum Gasteiger partial charge on any atom is -0.458 e. The molecule has 1 rings (SSSR count). The molecular weight excluding hydrogens is 266 g/mol. The van der Waals surface area contributed by atoms with Crippen LogP contribution < -0.4 is 5.32 Å². The van der Waals surface area contributed by atoms with Crippen LogP contribution in [0, 0.1) is 11.3 Å². The zero-order valence-electron chi connectivity index (χ0n) is 14.4. The van der Waals surface area contributed by atoms with Gasteiger partial charge in [-0.2, -0.15) is 0 Å². The second kappa shape index (κ2) is 6.80. The van der Waals surface area contributed by atoms with Gasteiger partial charge >= 0.3 is 5.97 Å². The summed E-state index contributed by atoms with van der Waals surface area (Å²) in [6.07, 6.45) is 4.80. The lowest BCUT2D eigenvalue weighted by molar-refractivity contribution is -0.161. The highest BCUT2D eigenvalue weighted by Crippen LogP contribution is 2.37. The summed E-state index contributed by atoms with van der Waals surface area (Å²) in [4.78, 5) is 24.9. The lowest BCUT2D eigenvalue weighted by atomic mass is 9.86. The molecule has 1 amide bonds. The van der Waals surface area contributed by atoms with Gasteiger partial charge < -0.3 is 10.1 Å². The van der Waals surface area contributed by atoms with Crippen LogP contribution in [0.1, 0.15) is 73.6 Å². The summed E-state index contributed by atoms with van der Waals surface area (Å²) in [5, 5.41) is 2.96. The van der Waals surface area contributed by atoms with Crippen molar-refractivity contribution in [3.63, 3.8) is 0 Å². The van der Waals surface area contributed by atoms with Crippen LogP contribution in [-0.2, 0) is 14.3 Å². The molecule has 21 heavy (non-hydrogen) atoms. The number of esters is 1. The predicted octanol–water partition coefficient (Wildman–Crippen LogP) is 3.44. The number of nitrogens with one attached hydrogen (secondary N) is 1. The molecule has 0 unspecified atom stereocenters. The Morgan fingerprint density at radius 2 is 1.76 bits per heavy atom. The van der Waals surface area contributed by atoms with Crippen LogP contribution in [0.15, 0.2) is 0 Å². The number of ether oxygens (including phenoxy) is 1. The third kappa shape index (κ3) is 5.01. The van der Waals surface area contributed by atoms with Gasteiger partial charge in [0.25, 0.3) is 0 Å². The largest absolute Gasteiger partial charge is 0.458 e. The van der Waals surface area contributed by atoms with Gasteiger partial charge in [0.2, 0.25) is 5.91 Å². The molecule has 1 aliphatic rings. The fraction of sp³-hybridized carbons (Fsp3) is 0.882. The zero-order valence-corrected chi connectivity index (χ0v) is 14.4. The van der Waals surface area contributed by atoms with E-state index in [2.05, 4.69) is 5.32 Å². The van der Waals surface area contributed by atoms with E-state index in [0.717, 1.165) is 32.1 Å². The number of hydrogen-bond donors (Lipinski definition) is 1. The Morgan fingerprint density at radius 3 is 2.19 bits per heavy atom. The molecule has 0 aliphatic heterocycles. The topological polar surface area (TPSA) is 55.4 Å². The molecule has 4 nitrogen and oxygen atoms in total. The van der Waals surface area contributed by atoms with E-state index in [-0.39, 0.29) is 23.2 Å². The van der Waals surface area contributed by atoms with Crippen molar-refractivity contribution in [2.24, 2.45) is 11.3 Å². The first-order valence-corrected chi connectivity index (χ1v) is 8.13. The number of carbonyl (C=O) groups excluding carboxylic acids is 2. The van der Waals surface area contributed by atoms with Crippen LogP contribution in [0.5, 0.6) is 0 Å². The Labute approximate surface area is 129 Å². The van der Waals surface area contributed by atoms with Gasteiger partial charge in [0, 0.05) is 5.41 Å². The Kier molecular flexibility index (Phi) is 5.83. The molecule has 1 aliphatic carbocycles. The molecule has 1 N–H and O–H groups in total. The van der Waals surface area contributed by atoms with E-state index in [1.165, 1.54) is 0 Å². The molecular formula is C17H31NO3. The van der Waals surface area contributed by atoms with Crippen molar-refractivity contribution >= 4 is 11.9 Å². The number of rotatable bonds is 5. The van der Waals surface area contributed by atoms with Crippen molar-refractivity contribution in [3.05, 3.63) is 0 Å². The third-order valence-corrected chi connectivity index (χ3v) is 4.42. The van der Waals surface area contributed by atoms with Crippen LogP contribution in [0.2, 0.25) is 0 Å². The van der Waals surface area contributed by atoms with E-state index in [4.69, 9.17) is 4.74 Å². The smallest absolute Gasteiger partial charge is 0.329 e. The maximum Gasteiger partial charge on any atom is 0.329 e. The quantitative estimate of drug-likeness (QED) is 0.791. The van der Waals surface area contributed by atoms with Gasteiger partial charge in [0.05, 0.1) is 0 Å². The maximum atomic E-state index is 12.5. The molecule has 0 saturated heterocycles. The summed E-state index contributed by atoms with van der Waals surface area (Å²) in [5.74, 6) is -0.267. The summed E-state index contributed by atoms with van der Waals surface area (Å²) in [6.45, 7) is 11.5. The van der Waals surface area contributed by atoms with Crippen LogP contribution in [0.25, 0.3) is 0 Å². The highest BCUT2D eigenvalue weighted by atomic mass is 16.6. The normalized spacial score (nSPS) is 20.7. The molecule has 0 spiro atoms. The summed E-state index contributed by atoms with van der Waals surface area (Å²) >= 11 is 0. The standard InChI is InChI=1S/C17H31NO3/c1-7-12(2)13(14(19)21-16(3,4)5)18-15(20)17(6)10-8-9-11-17/h12-13H,7-11H2,1-6H3,(H,18,20)/t12-,13-/m0/s1. The fourth-order valence-corrected chi connectivity index (χ4v) is 2.73. The summed E-state index contributed by atoms with van der Waals surface area (Å²) < 4.78 is 5.47. The van der Waals surface area contributed by atoms with Crippen molar-refractivity contribution in [2.75, 3.05) is 0 Å².